The molecule has 1 aliphatic heterocycles. The van der Waals surface area contributed by atoms with Gasteiger partial charge in [0.25, 0.3) is 0 Å². The average molecular weight is 284 g/mol. The Labute approximate surface area is 105 Å². The van der Waals surface area contributed by atoms with Crippen LogP contribution in [0.1, 0.15) is 18.4 Å². The standard InChI is InChI=1S/C13H18BrNO/c1-10-8-12(2-3-13(10)14)15-6-4-11(9-16)5-7-15/h2-3,8,11,16H,4-7,9H2,1H3. The van der Waals surface area contributed by atoms with Crippen LogP contribution in [0.25, 0.3) is 0 Å². The van der Waals surface area contributed by atoms with Gasteiger partial charge in [-0.15, -0.1) is 0 Å². The van der Waals surface area contributed by atoms with E-state index in [1.165, 1.54) is 15.7 Å². The molecule has 1 N–H and O–H groups in total. The van der Waals surface area contributed by atoms with E-state index in [4.69, 9.17) is 5.11 Å². The normalized spacial score (nSPS) is 17.8. The number of anilines is 1. The molecule has 1 fully saturated rings. The van der Waals surface area contributed by atoms with Crippen molar-refractivity contribution in [2.45, 2.75) is 19.8 Å². The highest BCUT2D eigenvalue weighted by Crippen LogP contribution is 2.26. The third-order valence-corrected chi connectivity index (χ3v) is 4.27. The summed E-state index contributed by atoms with van der Waals surface area (Å²) in [5, 5.41) is 9.10. The summed E-state index contributed by atoms with van der Waals surface area (Å²) in [4.78, 5) is 2.41. The number of rotatable bonds is 2. The maximum atomic E-state index is 9.10. The zero-order chi connectivity index (χ0) is 11.5. The van der Waals surface area contributed by atoms with Crippen molar-refractivity contribution in [3.05, 3.63) is 28.2 Å². The molecule has 0 bridgehead atoms. The fourth-order valence-electron chi connectivity index (χ4n) is 2.20. The Bertz CT molecular complexity index is 359. The van der Waals surface area contributed by atoms with E-state index in [1.807, 2.05) is 0 Å². The summed E-state index contributed by atoms with van der Waals surface area (Å²) in [5.41, 5.74) is 2.58. The Hall–Kier alpha value is -0.540. The molecule has 0 aromatic heterocycles. The lowest BCUT2D eigenvalue weighted by atomic mass is 9.97. The quantitative estimate of drug-likeness (QED) is 0.902. The first-order valence-corrected chi connectivity index (χ1v) is 6.62. The van der Waals surface area contributed by atoms with E-state index in [9.17, 15) is 0 Å². The van der Waals surface area contributed by atoms with Gasteiger partial charge in [0.05, 0.1) is 0 Å². The molecule has 3 heteroatoms. The lowest BCUT2D eigenvalue weighted by Gasteiger charge is -2.33. The smallest absolute Gasteiger partial charge is 0.0460 e. The van der Waals surface area contributed by atoms with Crippen molar-refractivity contribution in [2.75, 3.05) is 24.6 Å². The third-order valence-electron chi connectivity index (χ3n) is 3.38. The second kappa shape index (κ2) is 5.19. The van der Waals surface area contributed by atoms with Gasteiger partial charge in [-0.05, 0) is 49.4 Å². The summed E-state index contributed by atoms with van der Waals surface area (Å²) in [6, 6.07) is 6.50. The van der Waals surface area contributed by atoms with Crippen molar-refractivity contribution < 1.29 is 5.11 Å². The monoisotopic (exact) mass is 283 g/mol. The zero-order valence-corrected chi connectivity index (χ0v) is 11.2. The fraction of sp³-hybridized carbons (Fsp3) is 0.538. The molecular weight excluding hydrogens is 266 g/mol. The predicted molar refractivity (Wildman–Crippen MR) is 70.9 cm³/mol. The molecule has 1 saturated heterocycles. The maximum absolute atomic E-state index is 9.10. The van der Waals surface area contributed by atoms with E-state index in [0.29, 0.717) is 12.5 Å². The predicted octanol–water partition coefficient (Wildman–Crippen LogP) is 2.97. The van der Waals surface area contributed by atoms with E-state index in [-0.39, 0.29) is 0 Å². The highest BCUT2D eigenvalue weighted by atomic mass is 79.9. The van der Waals surface area contributed by atoms with E-state index >= 15 is 0 Å². The first-order chi connectivity index (χ1) is 7.70. The van der Waals surface area contributed by atoms with Gasteiger partial charge in [0.2, 0.25) is 0 Å². The highest BCUT2D eigenvalue weighted by Gasteiger charge is 2.18. The molecule has 0 spiro atoms. The van der Waals surface area contributed by atoms with Crippen molar-refractivity contribution in [3.8, 4) is 0 Å². The van der Waals surface area contributed by atoms with Crippen molar-refractivity contribution in [1.29, 1.82) is 0 Å². The number of aliphatic hydroxyl groups is 1. The molecule has 0 radical (unpaired) electrons. The van der Waals surface area contributed by atoms with Gasteiger partial charge in [0.15, 0.2) is 0 Å². The molecule has 0 saturated carbocycles. The van der Waals surface area contributed by atoms with Crippen LogP contribution in [0.4, 0.5) is 5.69 Å². The molecule has 0 amide bonds. The van der Waals surface area contributed by atoms with Crippen LogP contribution in [0.5, 0.6) is 0 Å². The average Bonchev–Trinajstić information content (AvgIpc) is 2.33. The van der Waals surface area contributed by atoms with E-state index in [0.717, 1.165) is 25.9 Å². The summed E-state index contributed by atoms with van der Waals surface area (Å²) >= 11 is 3.52. The summed E-state index contributed by atoms with van der Waals surface area (Å²) in [5.74, 6) is 0.507. The molecule has 88 valence electrons. The van der Waals surface area contributed by atoms with Crippen molar-refractivity contribution in [3.63, 3.8) is 0 Å². The minimum absolute atomic E-state index is 0.340. The van der Waals surface area contributed by atoms with Gasteiger partial charge in [-0.1, -0.05) is 15.9 Å². The fourth-order valence-corrected chi connectivity index (χ4v) is 2.45. The molecule has 0 unspecified atom stereocenters. The molecular formula is C13H18BrNO. The number of benzene rings is 1. The number of piperidine rings is 1. The lowest BCUT2D eigenvalue weighted by Crippen LogP contribution is -2.34. The van der Waals surface area contributed by atoms with Crippen LogP contribution in [-0.4, -0.2) is 24.8 Å². The van der Waals surface area contributed by atoms with E-state index in [1.54, 1.807) is 0 Å². The SMILES string of the molecule is Cc1cc(N2CCC(CO)CC2)ccc1Br. The molecule has 1 aliphatic rings. The largest absolute Gasteiger partial charge is 0.396 e. The van der Waals surface area contributed by atoms with Crippen molar-refractivity contribution in [2.24, 2.45) is 5.92 Å². The number of halogens is 1. The Balaban J connectivity index is 2.05. The second-order valence-corrected chi connectivity index (χ2v) is 5.40. The molecule has 1 heterocycles. The number of hydrogen-bond donors (Lipinski definition) is 1. The Morgan fingerprint density at radius 3 is 2.62 bits per heavy atom. The molecule has 1 aromatic rings. The highest BCUT2D eigenvalue weighted by molar-refractivity contribution is 9.10. The van der Waals surface area contributed by atoms with Crippen LogP contribution in [0.2, 0.25) is 0 Å². The molecule has 2 nitrogen and oxygen atoms in total. The molecule has 0 atom stereocenters. The molecule has 16 heavy (non-hydrogen) atoms. The summed E-state index contributed by atoms with van der Waals surface area (Å²) < 4.78 is 1.17. The van der Waals surface area contributed by atoms with Crippen molar-refractivity contribution >= 4 is 21.6 Å². The minimum Gasteiger partial charge on any atom is -0.396 e. The van der Waals surface area contributed by atoms with Crippen LogP contribution in [-0.2, 0) is 0 Å². The van der Waals surface area contributed by atoms with Crippen LogP contribution in [0.3, 0.4) is 0 Å². The molecule has 1 aromatic carbocycles. The van der Waals surface area contributed by atoms with Gasteiger partial charge in [0.1, 0.15) is 0 Å². The summed E-state index contributed by atoms with van der Waals surface area (Å²) in [6.45, 7) is 4.58. The van der Waals surface area contributed by atoms with Gasteiger partial charge >= 0.3 is 0 Å². The van der Waals surface area contributed by atoms with Crippen LogP contribution >= 0.6 is 15.9 Å². The van der Waals surface area contributed by atoms with E-state index in [2.05, 4.69) is 46.0 Å². The topological polar surface area (TPSA) is 23.5 Å². The summed E-state index contributed by atoms with van der Waals surface area (Å²) in [7, 11) is 0. The third kappa shape index (κ3) is 2.58. The van der Waals surface area contributed by atoms with Gasteiger partial charge in [0, 0.05) is 29.9 Å². The van der Waals surface area contributed by atoms with Crippen LogP contribution < -0.4 is 4.90 Å². The van der Waals surface area contributed by atoms with Gasteiger partial charge in [-0.3, -0.25) is 0 Å². The minimum atomic E-state index is 0.340. The number of aliphatic hydroxyl groups excluding tert-OH is 1. The van der Waals surface area contributed by atoms with Gasteiger partial charge in [-0.2, -0.15) is 0 Å². The Morgan fingerprint density at radius 2 is 2.06 bits per heavy atom. The zero-order valence-electron chi connectivity index (χ0n) is 9.62. The number of hydrogen-bond acceptors (Lipinski definition) is 2. The molecule has 2 rings (SSSR count). The second-order valence-electron chi connectivity index (χ2n) is 4.55. The van der Waals surface area contributed by atoms with E-state index < -0.39 is 0 Å². The summed E-state index contributed by atoms with van der Waals surface area (Å²) in [6.07, 6.45) is 2.21. The molecule has 0 aliphatic carbocycles. The Morgan fingerprint density at radius 1 is 1.38 bits per heavy atom. The van der Waals surface area contributed by atoms with Crippen LogP contribution in [0.15, 0.2) is 22.7 Å². The first-order valence-electron chi connectivity index (χ1n) is 5.82. The number of aryl methyl sites for hydroxylation is 1. The van der Waals surface area contributed by atoms with Crippen molar-refractivity contribution in [1.82, 2.24) is 0 Å². The van der Waals surface area contributed by atoms with Crippen LogP contribution in [0, 0.1) is 12.8 Å². The Kier molecular flexibility index (Phi) is 3.87. The first kappa shape index (κ1) is 11.9. The maximum Gasteiger partial charge on any atom is 0.0460 e. The lowest BCUT2D eigenvalue weighted by molar-refractivity contribution is 0.203. The number of nitrogens with zero attached hydrogens (tertiary/aromatic N) is 1. The van der Waals surface area contributed by atoms with Gasteiger partial charge in [-0.25, -0.2) is 0 Å². The van der Waals surface area contributed by atoms with Gasteiger partial charge < -0.3 is 10.0 Å².